The number of carboxylic acid groups (broad SMARTS) is 1. The third-order valence-corrected chi connectivity index (χ3v) is 3.90. The number of carboxylic acids is 1. The summed E-state index contributed by atoms with van der Waals surface area (Å²) < 4.78 is 10.8. The number of benzene rings is 1. The lowest BCUT2D eigenvalue weighted by molar-refractivity contribution is -0.202. The first-order valence-corrected chi connectivity index (χ1v) is 7.19. The summed E-state index contributed by atoms with van der Waals surface area (Å²) in [4.78, 5) is 11.2. The summed E-state index contributed by atoms with van der Waals surface area (Å²) >= 11 is 5.78. The number of hydrogen-bond acceptors (Lipinski definition) is 6. The number of carbonyl (C=O) groups is 1. The maximum Gasteiger partial charge on any atom is 0.358 e. The van der Waals surface area contributed by atoms with Gasteiger partial charge in [-0.3, -0.25) is 0 Å². The average Bonchev–Trinajstić information content (AvgIpc) is 2.48. The van der Waals surface area contributed by atoms with Gasteiger partial charge in [0.25, 0.3) is 0 Å². The summed E-state index contributed by atoms with van der Waals surface area (Å²) in [6, 6.07) is 8.89. The fourth-order valence-corrected chi connectivity index (χ4v) is 2.47. The van der Waals surface area contributed by atoms with E-state index in [9.17, 15) is 4.79 Å². The van der Waals surface area contributed by atoms with Crippen molar-refractivity contribution in [3.63, 3.8) is 0 Å². The molecule has 2 heterocycles. The average molecular weight is 336 g/mol. The predicted molar refractivity (Wildman–Crippen MR) is 83.2 cm³/mol. The van der Waals surface area contributed by atoms with E-state index in [0.29, 0.717) is 18.9 Å². The first-order valence-electron chi connectivity index (χ1n) is 6.81. The van der Waals surface area contributed by atoms with Crippen LogP contribution in [0.15, 0.2) is 30.3 Å². The van der Waals surface area contributed by atoms with Gasteiger partial charge in [-0.1, -0.05) is 23.7 Å². The first-order chi connectivity index (χ1) is 11.0. The Labute approximate surface area is 137 Å². The van der Waals surface area contributed by atoms with E-state index >= 15 is 0 Å². The van der Waals surface area contributed by atoms with Crippen LogP contribution in [0.2, 0.25) is 5.15 Å². The van der Waals surface area contributed by atoms with Gasteiger partial charge in [-0.2, -0.15) is 0 Å². The summed E-state index contributed by atoms with van der Waals surface area (Å²) in [6.45, 7) is 1.03. The van der Waals surface area contributed by atoms with Crippen LogP contribution in [0, 0.1) is 0 Å². The maximum atomic E-state index is 11.2. The van der Waals surface area contributed by atoms with E-state index in [2.05, 4.69) is 15.5 Å². The van der Waals surface area contributed by atoms with Gasteiger partial charge in [0.15, 0.2) is 10.8 Å². The van der Waals surface area contributed by atoms with Gasteiger partial charge in [0.2, 0.25) is 0 Å². The Morgan fingerprint density at radius 2 is 2.04 bits per heavy atom. The smallest absolute Gasteiger partial charge is 0.358 e. The number of rotatable bonds is 5. The van der Waals surface area contributed by atoms with Crippen molar-refractivity contribution in [2.45, 2.75) is 5.60 Å². The summed E-state index contributed by atoms with van der Waals surface area (Å²) in [6.07, 6.45) is 0. The highest BCUT2D eigenvalue weighted by Crippen LogP contribution is 2.34. The molecule has 2 aromatic rings. The highest BCUT2D eigenvalue weighted by atomic mass is 35.5. The zero-order valence-electron chi connectivity index (χ0n) is 12.2. The summed E-state index contributed by atoms with van der Waals surface area (Å²) in [5.74, 6) is -1.18. The number of nitrogens with one attached hydrogen (secondary N) is 1. The number of methoxy groups -OCH3 is 1. The zero-order valence-corrected chi connectivity index (χ0v) is 13.0. The normalized spacial score (nSPS) is 15.7. The van der Waals surface area contributed by atoms with E-state index in [-0.39, 0.29) is 16.5 Å². The number of ether oxygens (including phenoxy) is 2. The molecule has 0 amide bonds. The molecule has 0 radical (unpaired) electrons. The number of aromatic nitrogens is 2. The highest BCUT2D eigenvalue weighted by molar-refractivity contribution is 6.29. The molecule has 0 bridgehead atoms. The van der Waals surface area contributed by atoms with Gasteiger partial charge in [0, 0.05) is 18.9 Å². The zero-order chi connectivity index (χ0) is 16.4. The van der Waals surface area contributed by atoms with Crippen LogP contribution in [0.5, 0.6) is 0 Å². The molecule has 1 aliphatic heterocycles. The number of anilines is 2. The van der Waals surface area contributed by atoms with E-state index < -0.39 is 11.6 Å². The lowest BCUT2D eigenvalue weighted by atomic mass is 9.91. The summed E-state index contributed by atoms with van der Waals surface area (Å²) in [5, 5.41) is 19.4. The van der Waals surface area contributed by atoms with E-state index in [1.807, 2.05) is 24.3 Å². The Kier molecular flexibility index (Phi) is 4.16. The summed E-state index contributed by atoms with van der Waals surface area (Å²) in [7, 11) is 1.65. The molecule has 0 atom stereocenters. The molecule has 3 rings (SSSR count). The minimum absolute atomic E-state index is 0.110. The number of halogens is 1. The van der Waals surface area contributed by atoms with Gasteiger partial charge in [0.05, 0.1) is 18.9 Å². The molecule has 8 heteroatoms. The molecule has 1 aromatic carbocycles. The molecule has 1 fully saturated rings. The molecule has 0 unspecified atom stereocenters. The molecule has 1 saturated heterocycles. The Hall–Kier alpha value is -2.22. The van der Waals surface area contributed by atoms with Gasteiger partial charge in [0.1, 0.15) is 5.60 Å². The van der Waals surface area contributed by atoms with Gasteiger partial charge < -0.3 is 19.9 Å². The molecule has 1 aromatic heterocycles. The third kappa shape index (κ3) is 2.98. The second-order valence-corrected chi connectivity index (χ2v) is 5.52. The van der Waals surface area contributed by atoms with Crippen molar-refractivity contribution in [2.24, 2.45) is 0 Å². The number of nitrogens with zero attached hydrogens (tertiary/aromatic N) is 2. The summed E-state index contributed by atoms with van der Waals surface area (Å²) in [5.41, 5.74) is 1.39. The Morgan fingerprint density at radius 3 is 2.57 bits per heavy atom. The lowest BCUT2D eigenvalue weighted by Gasteiger charge is -2.40. The van der Waals surface area contributed by atoms with Crippen molar-refractivity contribution in [1.29, 1.82) is 0 Å². The van der Waals surface area contributed by atoms with E-state index in [1.54, 1.807) is 7.11 Å². The Bertz CT molecular complexity index is 726. The SMILES string of the molecule is COC1(c2ccc(Nc3cc(Cl)nnc3C(=O)O)cc2)COC1. The van der Waals surface area contributed by atoms with Crippen LogP contribution >= 0.6 is 11.6 Å². The standard InChI is InChI=1S/C15H14ClN3O4/c1-22-15(7-23-8-15)9-2-4-10(5-3-9)17-11-6-12(16)18-19-13(11)14(20)21/h2-6H,7-8H2,1H3,(H,17,18)(H,20,21). The highest BCUT2D eigenvalue weighted by Gasteiger charge is 2.40. The van der Waals surface area contributed by atoms with E-state index in [0.717, 1.165) is 5.56 Å². The van der Waals surface area contributed by atoms with Gasteiger partial charge >= 0.3 is 5.97 Å². The molecule has 0 aliphatic carbocycles. The molecular weight excluding hydrogens is 322 g/mol. The second-order valence-electron chi connectivity index (χ2n) is 5.13. The minimum Gasteiger partial charge on any atom is -0.476 e. The van der Waals surface area contributed by atoms with Crippen molar-refractivity contribution in [1.82, 2.24) is 10.2 Å². The minimum atomic E-state index is -1.18. The van der Waals surface area contributed by atoms with Crippen LogP contribution < -0.4 is 5.32 Å². The van der Waals surface area contributed by atoms with Crippen LogP contribution in [0.4, 0.5) is 11.4 Å². The monoisotopic (exact) mass is 335 g/mol. The molecular formula is C15H14ClN3O4. The molecule has 1 aliphatic rings. The van der Waals surface area contributed by atoms with Gasteiger partial charge in [-0.15, -0.1) is 10.2 Å². The molecule has 2 N–H and O–H groups in total. The number of hydrogen-bond donors (Lipinski definition) is 2. The van der Waals surface area contributed by atoms with Gasteiger partial charge in [-0.25, -0.2) is 4.79 Å². The third-order valence-electron chi connectivity index (χ3n) is 3.72. The molecule has 7 nitrogen and oxygen atoms in total. The van der Waals surface area contributed by atoms with Crippen molar-refractivity contribution >= 4 is 28.9 Å². The van der Waals surface area contributed by atoms with Crippen molar-refractivity contribution < 1.29 is 19.4 Å². The quantitative estimate of drug-likeness (QED) is 0.866. The first kappa shape index (κ1) is 15.7. The second kappa shape index (κ2) is 6.11. The van der Waals surface area contributed by atoms with Crippen LogP contribution in [0.25, 0.3) is 0 Å². The van der Waals surface area contributed by atoms with Crippen molar-refractivity contribution in [2.75, 3.05) is 25.6 Å². The Morgan fingerprint density at radius 1 is 1.35 bits per heavy atom. The largest absolute Gasteiger partial charge is 0.476 e. The number of aromatic carboxylic acids is 1. The fourth-order valence-electron chi connectivity index (χ4n) is 2.32. The lowest BCUT2D eigenvalue weighted by Crippen LogP contribution is -2.48. The van der Waals surface area contributed by atoms with Crippen LogP contribution in [-0.2, 0) is 15.1 Å². The van der Waals surface area contributed by atoms with Crippen LogP contribution in [-0.4, -0.2) is 41.6 Å². The Balaban J connectivity index is 1.84. The topological polar surface area (TPSA) is 93.6 Å². The molecule has 120 valence electrons. The van der Waals surface area contributed by atoms with Crippen molar-refractivity contribution in [3.8, 4) is 0 Å². The maximum absolute atomic E-state index is 11.2. The molecule has 0 saturated carbocycles. The van der Waals surface area contributed by atoms with E-state index in [1.165, 1.54) is 6.07 Å². The molecule has 0 spiro atoms. The van der Waals surface area contributed by atoms with Gasteiger partial charge in [-0.05, 0) is 17.7 Å². The van der Waals surface area contributed by atoms with E-state index in [4.69, 9.17) is 26.2 Å². The predicted octanol–water partition coefficient (Wildman–Crippen LogP) is 2.44. The van der Waals surface area contributed by atoms with Crippen molar-refractivity contribution in [3.05, 3.63) is 46.7 Å². The van der Waals surface area contributed by atoms with Crippen LogP contribution in [0.3, 0.4) is 0 Å². The van der Waals surface area contributed by atoms with Crippen LogP contribution in [0.1, 0.15) is 16.1 Å². The molecule has 23 heavy (non-hydrogen) atoms. The fraction of sp³-hybridized carbons (Fsp3) is 0.267.